The first-order valence-corrected chi connectivity index (χ1v) is 5.82. The number of hydrogen-bond acceptors (Lipinski definition) is 0. The Bertz CT molecular complexity index is 173. The summed E-state index contributed by atoms with van der Waals surface area (Å²) in [6.07, 6.45) is 10.7. The molecule has 0 aliphatic heterocycles. The zero-order chi connectivity index (χ0) is 7.53. The van der Waals surface area contributed by atoms with Crippen molar-refractivity contribution in [3.05, 3.63) is 0 Å². The normalized spacial score (nSPS) is 60.3. The molecule has 3 rings (SSSR count). The van der Waals surface area contributed by atoms with Gasteiger partial charge in [-0.15, -0.1) is 0 Å². The second-order valence-electron chi connectivity index (χ2n) is 4.95. The monoisotopic (exact) mass is 214 g/mol. The van der Waals surface area contributed by atoms with Crippen molar-refractivity contribution in [2.75, 3.05) is 0 Å². The minimum absolute atomic E-state index is 0.861. The van der Waals surface area contributed by atoms with E-state index in [1.54, 1.807) is 19.3 Å². The maximum absolute atomic E-state index is 3.79. The van der Waals surface area contributed by atoms with Crippen LogP contribution in [-0.4, -0.2) is 4.83 Å². The van der Waals surface area contributed by atoms with Crippen LogP contribution in [0.5, 0.6) is 0 Å². The molecular formula is C10H15Br. The summed E-state index contributed by atoms with van der Waals surface area (Å²) < 4.78 is 0. The molecule has 0 saturated heterocycles. The van der Waals surface area contributed by atoms with Crippen molar-refractivity contribution in [1.82, 2.24) is 0 Å². The van der Waals surface area contributed by atoms with E-state index in [4.69, 9.17) is 0 Å². The van der Waals surface area contributed by atoms with Gasteiger partial charge in [-0.25, -0.2) is 0 Å². The zero-order valence-electron chi connectivity index (χ0n) is 6.91. The molecule has 0 nitrogen and oxygen atoms in total. The fraction of sp³-hybridized carbons (Fsp3) is 1.00. The molecule has 3 saturated carbocycles. The predicted octanol–water partition coefficient (Wildman–Crippen LogP) is 3.49. The molecule has 1 heteroatoms. The Morgan fingerprint density at radius 2 is 1.55 bits per heavy atom. The minimum Gasteiger partial charge on any atom is -0.0890 e. The average molecular weight is 215 g/mol. The smallest absolute Gasteiger partial charge is 0.0156 e. The van der Waals surface area contributed by atoms with Crippen LogP contribution in [0.15, 0.2) is 0 Å². The number of hydrogen-bond donors (Lipinski definition) is 0. The van der Waals surface area contributed by atoms with Gasteiger partial charge in [-0.05, 0) is 42.9 Å². The number of halogens is 1. The van der Waals surface area contributed by atoms with Gasteiger partial charge in [0.2, 0.25) is 0 Å². The van der Waals surface area contributed by atoms with Crippen LogP contribution in [0.4, 0.5) is 0 Å². The molecule has 0 N–H and O–H groups in total. The van der Waals surface area contributed by atoms with Gasteiger partial charge in [-0.2, -0.15) is 0 Å². The number of alkyl halides is 1. The molecular weight excluding hydrogens is 200 g/mol. The fourth-order valence-corrected chi connectivity index (χ4v) is 5.18. The summed E-state index contributed by atoms with van der Waals surface area (Å²) in [4.78, 5) is 0.870. The van der Waals surface area contributed by atoms with E-state index < -0.39 is 0 Å². The highest BCUT2D eigenvalue weighted by Crippen LogP contribution is 2.80. The van der Waals surface area contributed by atoms with Crippen LogP contribution < -0.4 is 0 Å². The summed E-state index contributed by atoms with van der Waals surface area (Å²) >= 11 is 3.79. The second-order valence-corrected chi connectivity index (χ2v) is 6.25. The first-order chi connectivity index (χ1) is 5.27. The second kappa shape index (κ2) is 1.86. The van der Waals surface area contributed by atoms with E-state index in [9.17, 15) is 0 Å². The molecule has 0 aromatic carbocycles. The van der Waals surface area contributed by atoms with Crippen LogP contribution in [0.25, 0.3) is 0 Å². The molecule has 0 amide bonds. The van der Waals surface area contributed by atoms with E-state index in [-0.39, 0.29) is 0 Å². The van der Waals surface area contributed by atoms with Gasteiger partial charge in [-0.3, -0.25) is 0 Å². The quantitative estimate of drug-likeness (QED) is 0.542. The van der Waals surface area contributed by atoms with Crippen LogP contribution >= 0.6 is 15.9 Å². The van der Waals surface area contributed by atoms with Crippen LogP contribution in [0.2, 0.25) is 0 Å². The highest BCUT2D eigenvalue weighted by molar-refractivity contribution is 9.09. The van der Waals surface area contributed by atoms with Crippen LogP contribution in [0, 0.1) is 10.8 Å². The molecule has 2 unspecified atom stereocenters. The maximum Gasteiger partial charge on any atom is 0.0156 e. The third-order valence-corrected chi connectivity index (χ3v) is 5.11. The Morgan fingerprint density at radius 3 is 2.09 bits per heavy atom. The Morgan fingerprint density at radius 1 is 1.00 bits per heavy atom. The Hall–Kier alpha value is 0.480. The van der Waals surface area contributed by atoms with Gasteiger partial charge in [0.05, 0.1) is 0 Å². The summed E-state index contributed by atoms with van der Waals surface area (Å²) in [7, 11) is 0. The van der Waals surface area contributed by atoms with E-state index >= 15 is 0 Å². The lowest BCUT2D eigenvalue weighted by Gasteiger charge is -2.23. The molecule has 62 valence electrons. The predicted molar refractivity (Wildman–Crippen MR) is 49.9 cm³/mol. The van der Waals surface area contributed by atoms with Crippen molar-refractivity contribution in [3.8, 4) is 0 Å². The molecule has 0 heterocycles. The van der Waals surface area contributed by atoms with E-state index in [1.807, 2.05) is 0 Å². The fourth-order valence-electron chi connectivity index (χ4n) is 3.94. The summed E-state index contributed by atoms with van der Waals surface area (Å²) in [5.41, 5.74) is 1.72. The van der Waals surface area contributed by atoms with Gasteiger partial charge in [0.15, 0.2) is 0 Å². The van der Waals surface area contributed by atoms with Gasteiger partial charge in [-0.1, -0.05) is 28.8 Å². The number of rotatable bonds is 0. The lowest BCUT2D eigenvalue weighted by Crippen LogP contribution is -2.12. The van der Waals surface area contributed by atoms with E-state index in [0.717, 1.165) is 15.7 Å². The van der Waals surface area contributed by atoms with Gasteiger partial charge >= 0.3 is 0 Å². The van der Waals surface area contributed by atoms with Crippen LogP contribution in [0.1, 0.15) is 44.9 Å². The van der Waals surface area contributed by atoms with Crippen molar-refractivity contribution in [2.24, 2.45) is 10.8 Å². The topological polar surface area (TPSA) is 0 Å². The third-order valence-electron chi connectivity index (χ3n) is 4.46. The summed E-state index contributed by atoms with van der Waals surface area (Å²) in [5, 5.41) is 0. The van der Waals surface area contributed by atoms with Gasteiger partial charge < -0.3 is 0 Å². The maximum atomic E-state index is 3.79. The molecule has 3 aliphatic carbocycles. The molecule has 0 aromatic heterocycles. The highest BCUT2D eigenvalue weighted by atomic mass is 79.9. The van der Waals surface area contributed by atoms with E-state index in [1.165, 1.54) is 25.7 Å². The molecule has 11 heavy (non-hydrogen) atoms. The first-order valence-electron chi connectivity index (χ1n) is 4.91. The first kappa shape index (κ1) is 6.94. The van der Waals surface area contributed by atoms with Crippen molar-refractivity contribution < 1.29 is 0 Å². The average Bonchev–Trinajstić information content (AvgIpc) is 2.47. The standard InChI is InChI=1S/C10H15Br/c11-8-5-9-3-1-2-4-10(9,6-8)7-9/h8H,1-7H2. The van der Waals surface area contributed by atoms with Gasteiger partial charge in [0.25, 0.3) is 0 Å². The Balaban J connectivity index is 1.92. The van der Waals surface area contributed by atoms with Gasteiger partial charge in [0, 0.05) is 4.83 Å². The van der Waals surface area contributed by atoms with Crippen molar-refractivity contribution in [1.29, 1.82) is 0 Å². The van der Waals surface area contributed by atoms with Crippen molar-refractivity contribution in [3.63, 3.8) is 0 Å². The molecule has 0 radical (unpaired) electrons. The summed E-state index contributed by atoms with van der Waals surface area (Å²) in [6, 6.07) is 0. The minimum atomic E-state index is 0.861. The van der Waals surface area contributed by atoms with Crippen LogP contribution in [-0.2, 0) is 0 Å². The van der Waals surface area contributed by atoms with E-state index in [0.29, 0.717) is 0 Å². The molecule has 2 atom stereocenters. The Kier molecular flexibility index (Phi) is 1.18. The van der Waals surface area contributed by atoms with Gasteiger partial charge in [0.1, 0.15) is 0 Å². The highest BCUT2D eigenvalue weighted by Gasteiger charge is 2.71. The largest absolute Gasteiger partial charge is 0.0890 e. The SMILES string of the molecule is BrC1CC23CCCCC2(C1)C3. The van der Waals surface area contributed by atoms with Crippen molar-refractivity contribution >= 4 is 15.9 Å². The van der Waals surface area contributed by atoms with Crippen molar-refractivity contribution in [2.45, 2.75) is 49.8 Å². The lowest BCUT2D eigenvalue weighted by molar-refractivity contribution is 0.277. The molecule has 3 fully saturated rings. The molecule has 3 aliphatic rings. The summed E-state index contributed by atoms with van der Waals surface area (Å²) in [6.45, 7) is 0. The Labute approximate surface area is 76.9 Å². The third kappa shape index (κ3) is 0.714. The molecule has 0 aromatic rings. The zero-order valence-corrected chi connectivity index (χ0v) is 8.49. The molecule has 0 bridgehead atoms. The molecule has 0 spiro atoms. The lowest BCUT2D eigenvalue weighted by atomic mass is 9.82. The van der Waals surface area contributed by atoms with E-state index in [2.05, 4.69) is 15.9 Å². The van der Waals surface area contributed by atoms with Crippen LogP contribution in [0.3, 0.4) is 0 Å². The summed E-state index contributed by atoms with van der Waals surface area (Å²) in [5.74, 6) is 0.